The summed E-state index contributed by atoms with van der Waals surface area (Å²) >= 11 is 4.89. The zero-order chi connectivity index (χ0) is 26.5. The number of rotatable bonds is 7. The van der Waals surface area contributed by atoms with E-state index < -0.39 is 16.6 Å². The molecule has 0 aliphatic carbocycles. The Morgan fingerprint density at radius 2 is 1.86 bits per heavy atom. The van der Waals surface area contributed by atoms with Crippen molar-refractivity contribution in [2.24, 2.45) is 0 Å². The Bertz CT molecular complexity index is 1300. The fraction of sp³-hybridized carbons (Fsp3) is 0.304. The molecule has 1 fully saturated rings. The average molecular weight is 532 g/mol. The minimum absolute atomic E-state index is 0.118. The molecule has 14 heteroatoms. The van der Waals surface area contributed by atoms with Gasteiger partial charge in [0.05, 0.1) is 36.9 Å². The predicted octanol–water partition coefficient (Wildman–Crippen LogP) is 2.37. The molecule has 194 valence electrons. The smallest absolute Gasteiger partial charge is 0.273 e. The minimum Gasteiger partial charge on any atom is -0.474 e. The monoisotopic (exact) mass is 531 g/mol. The van der Waals surface area contributed by atoms with Crippen molar-refractivity contribution >= 4 is 34.7 Å². The van der Waals surface area contributed by atoms with Gasteiger partial charge < -0.3 is 19.9 Å². The van der Waals surface area contributed by atoms with Crippen LogP contribution in [0.5, 0.6) is 0 Å². The predicted molar refractivity (Wildman–Crippen MR) is 133 cm³/mol. The third kappa shape index (κ3) is 5.97. The van der Waals surface area contributed by atoms with Crippen molar-refractivity contribution in [1.82, 2.24) is 25.2 Å². The number of hydrogen-bond acceptors (Lipinski definition) is 8. The third-order valence-electron chi connectivity index (χ3n) is 5.88. The first-order valence-corrected chi connectivity index (χ1v) is 11.6. The Morgan fingerprint density at radius 3 is 2.51 bits per heavy atom. The van der Waals surface area contributed by atoms with E-state index >= 15 is 8.78 Å². The van der Waals surface area contributed by atoms with Gasteiger partial charge in [-0.1, -0.05) is 23.4 Å². The van der Waals surface area contributed by atoms with Crippen molar-refractivity contribution in [3.05, 3.63) is 75.6 Å². The molecule has 1 aromatic heterocycles. The van der Waals surface area contributed by atoms with Crippen molar-refractivity contribution in [2.45, 2.75) is 13.0 Å². The van der Waals surface area contributed by atoms with Crippen molar-refractivity contribution in [3.63, 3.8) is 0 Å². The highest BCUT2D eigenvalue weighted by molar-refractivity contribution is 7.80. The van der Waals surface area contributed by atoms with Crippen LogP contribution in [0.3, 0.4) is 0 Å². The molecule has 0 saturated carbocycles. The number of carbonyl (C=O) groups excluding carboxylic acids is 1. The maximum atomic E-state index is 15.0. The molecule has 0 atom stereocenters. The Morgan fingerprint density at radius 1 is 1.19 bits per heavy atom. The van der Waals surface area contributed by atoms with E-state index in [1.165, 1.54) is 39.9 Å². The number of methoxy groups -OCH3 is 1. The number of nitrogens with zero attached hydrogens (tertiary/aromatic N) is 6. The molecule has 1 saturated heterocycles. The van der Waals surface area contributed by atoms with Gasteiger partial charge in [-0.05, 0) is 12.2 Å². The van der Waals surface area contributed by atoms with Gasteiger partial charge in [-0.3, -0.25) is 14.9 Å². The number of amides is 1. The number of hydrogen-bond donors (Lipinski definition) is 1. The highest BCUT2D eigenvalue weighted by Gasteiger charge is 2.27. The lowest BCUT2D eigenvalue weighted by Crippen LogP contribution is -2.49. The fourth-order valence-corrected chi connectivity index (χ4v) is 4.09. The number of anilines is 1. The minimum atomic E-state index is -0.773. The summed E-state index contributed by atoms with van der Waals surface area (Å²) < 4.78 is 36.1. The molecule has 1 N–H and O–H groups in total. The molecule has 2 heterocycles. The number of nitro benzene ring substituents is 1. The van der Waals surface area contributed by atoms with Gasteiger partial charge in [0.2, 0.25) is 5.91 Å². The quantitative estimate of drug-likeness (QED) is 0.278. The van der Waals surface area contributed by atoms with Crippen molar-refractivity contribution in [2.75, 3.05) is 38.2 Å². The van der Waals surface area contributed by atoms with E-state index in [0.29, 0.717) is 11.3 Å². The summed E-state index contributed by atoms with van der Waals surface area (Å²) in [4.78, 5) is 26.5. The molecule has 1 aliphatic rings. The molecular weight excluding hydrogens is 508 g/mol. The molecule has 0 unspecified atom stereocenters. The first kappa shape index (κ1) is 25.9. The van der Waals surface area contributed by atoms with Crippen LogP contribution in [0.2, 0.25) is 0 Å². The Hall–Kier alpha value is -4.20. The van der Waals surface area contributed by atoms with Gasteiger partial charge in [-0.15, -0.1) is 5.10 Å². The highest BCUT2D eigenvalue weighted by Crippen LogP contribution is 2.28. The van der Waals surface area contributed by atoms with E-state index in [9.17, 15) is 14.9 Å². The maximum Gasteiger partial charge on any atom is 0.273 e. The van der Waals surface area contributed by atoms with Gasteiger partial charge in [0.1, 0.15) is 11.4 Å². The lowest BCUT2D eigenvalue weighted by molar-refractivity contribution is -0.385. The van der Waals surface area contributed by atoms with Gasteiger partial charge in [0.25, 0.3) is 10.9 Å². The molecule has 0 spiro atoms. The second-order valence-corrected chi connectivity index (χ2v) is 8.56. The third-order valence-corrected chi connectivity index (χ3v) is 6.20. The van der Waals surface area contributed by atoms with Crippen LogP contribution in [0.1, 0.15) is 11.3 Å². The van der Waals surface area contributed by atoms with E-state index in [0.717, 1.165) is 12.1 Å². The van der Waals surface area contributed by atoms with Crippen LogP contribution in [0.4, 0.5) is 20.2 Å². The van der Waals surface area contributed by atoms with E-state index in [-0.39, 0.29) is 67.3 Å². The summed E-state index contributed by atoms with van der Waals surface area (Å²) in [6.45, 7) is 1.09. The molecule has 11 nitrogen and oxygen atoms in total. The summed E-state index contributed by atoms with van der Waals surface area (Å²) in [7, 11) is 1.43. The molecule has 1 aliphatic heterocycles. The van der Waals surface area contributed by atoms with Gasteiger partial charge in [0, 0.05) is 49.9 Å². The van der Waals surface area contributed by atoms with Crippen LogP contribution in [0.25, 0.3) is 5.69 Å². The largest absolute Gasteiger partial charge is 0.474 e. The van der Waals surface area contributed by atoms with Gasteiger partial charge in [-0.2, -0.15) is 0 Å². The number of ether oxygens (including phenoxy) is 1. The first-order valence-electron chi connectivity index (χ1n) is 11.2. The highest BCUT2D eigenvalue weighted by atomic mass is 32.1. The number of carbonyl (C=O) groups is 1. The van der Waals surface area contributed by atoms with Crippen LogP contribution in [0.15, 0.2) is 42.6 Å². The van der Waals surface area contributed by atoms with Gasteiger partial charge in [0.15, 0.2) is 11.6 Å². The normalized spacial score (nSPS) is 13.4. The van der Waals surface area contributed by atoms with Crippen LogP contribution in [0, 0.1) is 21.7 Å². The fourth-order valence-electron chi connectivity index (χ4n) is 4.02. The molecule has 1 amide bonds. The number of halogens is 2. The molecular formula is C23H23F2N7O4S. The molecule has 37 heavy (non-hydrogen) atoms. The number of nitro groups is 1. The summed E-state index contributed by atoms with van der Waals surface area (Å²) in [6.07, 6.45) is 1.39. The van der Waals surface area contributed by atoms with Gasteiger partial charge >= 0.3 is 0 Å². The number of piperazine rings is 1. The van der Waals surface area contributed by atoms with Gasteiger partial charge in [-0.25, -0.2) is 13.5 Å². The summed E-state index contributed by atoms with van der Waals surface area (Å²) in [5.41, 5.74) is 0.659. The van der Waals surface area contributed by atoms with Crippen molar-refractivity contribution in [1.29, 1.82) is 0 Å². The molecule has 3 aromatic rings. The van der Waals surface area contributed by atoms with Crippen molar-refractivity contribution in [3.8, 4) is 5.69 Å². The lowest BCUT2D eigenvalue weighted by Gasteiger charge is -2.36. The molecule has 0 bridgehead atoms. The average Bonchev–Trinajstić information content (AvgIpc) is 3.36. The first-order chi connectivity index (χ1) is 17.8. The number of nitrogens with one attached hydrogen (secondary N) is 1. The number of para-hydroxylation sites is 1. The SMILES string of the molecule is COC(=S)NCc1cn(-c2cc(F)c(N3CCN(C(=O)Cc4ccccc4[N+](=O)[O-])CC3)c(F)c2)nn1. The zero-order valence-corrected chi connectivity index (χ0v) is 20.6. The van der Waals surface area contributed by atoms with Crippen LogP contribution in [-0.4, -0.2) is 69.2 Å². The topological polar surface area (TPSA) is 119 Å². The molecule has 2 aromatic carbocycles. The zero-order valence-electron chi connectivity index (χ0n) is 19.8. The summed E-state index contributed by atoms with van der Waals surface area (Å²) in [5, 5.41) is 22.0. The van der Waals surface area contributed by atoms with Crippen molar-refractivity contribution < 1.29 is 23.2 Å². The van der Waals surface area contributed by atoms with Crippen LogP contribution in [-0.2, 0) is 22.5 Å². The Kier molecular flexibility index (Phi) is 7.86. The number of thiocarbonyl (C=S) groups is 1. The van der Waals surface area contributed by atoms with E-state index in [2.05, 4.69) is 15.6 Å². The van der Waals surface area contributed by atoms with E-state index in [1.54, 1.807) is 12.1 Å². The summed E-state index contributed by atoms with van der Waals surface area (Å²) in [5.74, 6) is -1.83. The second-order valence-electron chi connectivity index (χ2n) is 8.19. The number of benzene rings is 2. The molecule has 0 radical (unpaired) electrons. The van der Waals surface area contributed by atoms with Crippen LogP contribution >= 0.6 is 12.2 Å². The van der Waals surface area contributed by atoms with Crippen LogP contribution < -0.4 is 10.2 Å². The lowest BCUT2D eigenvalue weighted by atomic mass is 10.1. The number of aromatic nitrogens is 3. The van der Waals surface area contributed by atoms with E-state index in [1.807, 2.05) is 0 Å². The summed E-state index contributed by atoms with van der Waals surface area (Å²) in [6, 6.07) is 8.39. The standard InChI is InChI=1S/C23H23F2N7O4S/c1-36-23(37)26-13-16-14-31(28-27-16)17-11-18(24)22(19(25)12-17)30-8-6-29(7-9-30)21(33)10-15-4-2-3-5-20(15)32(34)35/h2-5,11-12,14H,6-10,13H2,1H3,(H,26,37). The second kappa shape index (κ2) is 11.2. The molecule has 4 rings (SSSR count). The maximum absolute atomic E-state index is 15.0. The Labute approximate surface area is 215 Å². The van der Waals surface area contributed by atoms with E-state index in [4.69, 9.17) is 17.0 Å². The Balaban J connectivity index is 1.40.